The zero-order chi connectivity index (χ0) is 6.97. The third-order valence-electron chi connectivity index (χ3n) is 1.32. The van der Waals surface area contributed by atoms with E-state index in [1.807, 2.05) is 0 Å². The summed E-state index contributed by atoms with van der Waals surface area (Å²) in [6.07, 6.45) is 3.17. The van der Waals surface area contributed by atoms with E-state index in [2.05, 4.69) is 10.1 Å². The molecule has 2 rings (SSSR count). The van der Waals surface area contributed by atoms with Gasteiger partial charge in [0.15, 0.2) is 0 Å². The van der Waals surface area contributed by atoms with Gasteiger partial charge in [-0.15, -0.1) is 5.10 Å². The van der Waals surface area contributed by atoms with Crippen molar-refractivity contribution in [2.45, 2.75) is 0 Å². The van der Waals surface area contributed by atoms with Crippen molar-refractivity contribution >= 4 is 11.0 Å². The minimum atomic E-state index is 0.627. The van der Waals surface area contributed by atoms with Gasteiger partial charge >= 0.3 is 0 Å². The van der Waals surface area contributed by atoms with Crippen molar-refractivity contribution in [2.75, 3.05) is 0 Å². The first-order valence-electron chi connectivity index (χ1n) is 2.86. The maximum absolute atomic E-state index is 8.98. The molecule has 2 aromatic heterocycles. The maximum Gasteiger partial charge on any atom is 0.128 e. The second kappa shape index (κ2) is 1.70. The van der Waals surface area contributed by atoms with Crippen LogP contribution >= 0.6 is 0 Å². The van der Waals surface area contributed by atoms with Crippen molar-refractivity contribution in [1.82, 2.24) is 14.9 Å². The topological polar surface area (TPSA) is 50.9 Å². The van der Waals surface area contributed by atoms with Crippen LogP contribution in [0.5, 0.6) is 0 Å². The van der Waals surface area contributed by atoms with E-state index in [0.29, 0.717) is 11.0 Å². The highest BCUT2D eigenvalue weighted by Crippen LogP contribution is 2.06. The summed E-state index contributed by atoms with van der Waals surface area (Å²) in [7, 11) is 0. The van der Waals surface area contributed by atoms with E-state index in [-0.39, 0.29) is 0 Å². The molecule has 0 aromatic carbocycles. The van der Waals surface area contributed by atoms with Crippen molar-refractivity contribution in [3.8, 4) is 0 Å². The maximum atomic E-state index is 8.98. The Morgan fingerprint density at radius 1 is 1.50 bits per heavy atom. The first-order chi connectivity index (χ1) is 4.88. The first-order valence-corrected chi connectivity index (χ1v) is 2.86. The molecule has 4 heteroatoms. The van der Waals surface area contributed by atoms with E-state index >= 15 is 0 Å². The lowest BCUT2D eigenvalue weighted by Gasteiger charge is -1.87. The van der Waals surface area contributed by atoms with Crippen molar-refractivity contribution in [3.63, 3.8) is 0 Å². The summed E-state index contributed by atoms with van der Waals surface area (Å²) in [4.78, 5) is 4.77. The van der Waals surface area contributed by atoms with Crippen molar-refractivity contribution in [1.29, 1.82) is 0 Å². The quantitative estimate of drug-likeness (QED) is 0.540. The molecule has 0 aliphatic carbocycles. The second-order valence-electron chi connectivity index (χ2n) is 1.94. The summed E-state index contributed by atoms with van der Waals surface area (Å²) in [5, 5.41) is 12.6. The lowest BCUT2D eigenvalue weighted by atomic mass is 10.4. The van der Waals surface area contributed by atoms with Gasteiger partial charge in [0.05, 0.1) is 6.20 Å². The zero-order valence-electron chi connectivity index (χ0n) is 5.10. The summed E-state index contributed by atoms with van der Waals surface area (Å²) >= 11 is 0. The molecule has 2 aromatic rings. The van der Waals surface area contributed by atoms with Crippen LogP contribution in [0.25, 0.3) is 11.0 Å². The smallest absolute Gasteiger partial charge is 0.128 e. The third-order valence-corrected chi connectivity index (χ3v) is 1.32. The molecule has 0 saturated carbocycles. The van der Waals surface area contributed by atoms with Crippen LogP contribution in [-0.4, -0.2) is 20.1 Å². The summed E-state index contributed by atoms with van der Waals surface area (Å²) in [6.45, 7) is 0. The van der Waals surface area contributed by atoms with E-state index in [1.54, 1.807) is 18.3 Å². The number of aromatic nitrogens is 3. The molecule has 0 aliphatic heterocycles. The van der Waals surface area contributed by atoms with E-state index in [9.17, 15) is 0 Å². The zero-order valence-corrected chi connectivity index (χ0v) is 5.10. The van der Waals surface area contributed by atoms with Gasteiger partial charge in [-0.2, -0.15) is 0 Å². The van der Waals surface area contributed by atoms with Gasteiger partial charge in [-0.05, 0) is 12.1 Å². The summed E-state index contributed by atoms with van der Waals surface area (Å²) < 4.78 is 0. The Kier molecular flexibility index (Phi) is 0.887. The van der Waals surface area contributed by atoms with Crippen LogP contribution in [0.1, 0.15) is 0 Å². The predicted octanol–water partition coefficient (Wildman–Crippen LogP) is 0.669. The second-order valence-corrected chi connectivity index (χ2v) is 1.94. The Labute approximate surface area is 56.7 Å². The van der Waals surface area contributed by atoms with Gasteiger partial charge in [-0.1, -0.05) is 4.85 Å². The van der Waals surface area contributed by atoms with Crippen molar-refractivity contribution in [3.05, 3.63) is 24.5 Å². The van der Waals surface area contributed by atoms with Gasteiger partial charge in [0.25, 0.3) is 0 Å². The fourth-order valence-electron chi connectivity index (χ4n) is 0.849. The SMILES string of the molecule is On1ncc2ncccc21. The number of fused-ring (bicyclic) bond motifs is 1. The highest BCUT2D eigenvalue weighted by Gasteiger charge is 1.97. The number of pyridine rings is 1. The minimum Gasteiger partial charge on any atom is -0.411 e. The van der Waals surface area contributed by atoms with Crippen LogP contribution in [0.2, 0.25) is 0 Å². The lowest BCUT2D eigenvalue weighted by Crippen LogP contribution is -1.90. The Bertz CT molecular complexity index is 355. The van der Waals surface area contributed by atoms with Gasteiger partial charge in [-0.3, -0.25) is 4.98 Å². The van der Waals surface area contributed by atoms with Crippen LogP contribution in [0, 0.1) is 0 Å². The van der Waals surface area contributed by atoms with Gasteiger partial charge in [-0.25, -0.2) is 0 Å². The normalized spacial score (nSPS) is 10.4. The summed E-state index contributed by atoms with van der Waals surface area (Å²) in [5.41, 5.74) is 1.33. The lowest BCUT2D eigenvalue weighted by molar-refractivity contribution is 0.161. The van der Waals surface area contributed by atoms with Crippen LogP contribution in [-0.2, 0) is 0 Å². The van der Waals surface area contributed by atoms with Crippen LogP contribution in [0.4, 0.5) is 0 Å². The Morgan fingerprint density at radius 3 is 3.20 bits per heavy atom. The highest BCUT2D eigenvalue weighted by atomic mass is 16.5. The molecular formula is C6H5N3O. The Morgan fingerprint density at radius 2 is 2.40 bits per heavy atom. The van der Waals surface area contributed by atoms with Crippen molar-refractivity contribution in [2.24, 2.45) is 0 Å². The molecule has 4 nitrogen and oxygen atoms in total. The molecule has 0 radical (unpaired) electrons. The standard InChI is InChI=1S/C6H5N3O/c10-9-6-2-1-3-7-5(6)4-8-9/h1-4,10H. The van der Waals surface area contributed by atoms with Crippen molar-refractivity contribution < 1.29 is 5.21 Å². The molecule has 0 bridgehead atoms. The van der Waals surface area contributed by atoms with Gasteiger partial charge < -0.3 is 5.21 Å². The molecule has 10 heavy (non-hydrogen) atoms. The number of hydrogen-bond donors (Lipinski definition) is 1. The average Bonchev–Trinajstić information content (AvgIpc) is 2.34. The highest BCUT2D eigenvalue weighted by molar-refractivity contribution is 5.72. The fraction of sp³-hybridized carbons (Fsp3) is 0. The molecule has 0 unspecified atom stereocenters. The fourth-order valence-corrected chi connectivity index (χ4v) is 0.849. The molecule has 2 heterocycles. The van der Waals surface area contributed by atoms with E-state index in [4.69, 9.17) is 5.21 Å². The molecule has 50 valence electrons. The van der Waals surface area contributed by atoms with E-state index < -0.39 is 0 Å². The Balaban J connectivity index is 2.93. The molecule has 0 aliphatic rings. The largest absolute Gasteiger partial charge is 0.411 e. The summed E-state index contributed by atoms with van der Waals surface area (Å²) in [5.74, 6) is 0. The molecule has 0 saturated heterocycles. The number of hydrogen-bond acceptors (Lipinski definition) is 3. The van der Waals surface area contributed by atoms with Crippen LogP contribution in [0.15, 0.2) is 24.5 Å². The molecular weight excluding hydrogens is 130 g/mol. The molecule has 0 atom stereocenters. The predicted molar refractivity (Wildman–Crippen MR) is 34.7 cm³/mol. The molecule has 0 spiro atoms. The minimum absolute atomic E-state index is 0.627. The third kappa shape index (κ3) is 0.556. The average molecular weight is 135 g/mol. The first kappa shape index (κ1) is 5.22. The number of nitrogens with zero attached hydrogens (tertiary/aromatic N) is 3. The summed E-state index contributed by atoms with van der Waals surface area (Å²) in [6, 6.07) is 3.49. The molecule has 1 N–H and O–H groups in total. The van der Waals surface area contributed by atoms with Gasteiger partial charge in [0.1, 0.15) is 11.0 Å². The van der Waals surface area contributed by atoms with Gasteiger partial charge in [0.2, 0.25) is 0 Å². The van der Waals surface area contributed by atoms with Crippen LogP contribution < -0.4 is 0 Å². The van der Waals surface area contributed by atoms with E-state index in [0.717, 1.165) is 4.85 Å². The van der Waals surface area contributed by atoms with E-state index in [1.165, 1.54) is 6.20 Å². The van der Waals surface area contributed by atoms with Crippen LogP contribution in [0.3, 0.4) is 0 Å². The Hall–Kier alpha value is -1.58. The van der Waals surface area contributed by atoms with Gasteiger partial charge in [0, 0.05) is 6.20 Å². The monoisotopic (exact) mass is 135 g/mol. The molecule has 0 amide bonds. The molecule has 0 fully saturated rings. The number of rotatable bonds is 0.